The molecule has 0 radical (unpaired) electrons. The second kappa shape index (κ2) is 10.4. The fourth-order valence-electron chi connectivity index (χ4n) is 2.08. The number of rotatable bonds is 9. The first kappa shape index (κ1) is 19.7. The first-order valence-corrected chi connectivity index (χ1v) is 9.25. The molecule has 0 aliphatic rings. The average Bonchev–Trinajstić information content (AvgIpc) is 3.19. The van der Waals surface area contributed by atoms with Crippen molar-refractivity contribution in [1.82, 2.24) is 5.32 Å². The molecule has 2 amide bonds. The third-order valence-electron chi connectivity index (χ3n) is 3.44. The van der Waals surface area contributed by atoms with E-state index in [4.69, 9.17) is 9.47 Å². The molecule has 1 heterocycles. The molecular weight excluding hydrogens is 354 g/mol. The fourth-order valence-corrected chi connectivity index (χ4v) is 2.69. The van der Waals surface area contributed by atoms with Crippen LogP contribution in [-0.4, -0.2) is 31.0 Å². The van der Waals surface area contributed by atoms with Crippen molar-refractivity contribution in [3.8, 4) is 5.75 Å². The number of carbonyl (C=O) groups excluding carboxylic acids is 3. The number of esters is 1. The molecule has 1 aromatic carbocycles. The first-order valence-electron chi connectivity index (χ1n) is 8.38. The Hall–Kier alpha value is -2.67. The predicted molar refractivity (Wildman–Crippen MR) is 98.5 cm³/mol. The van der Waals surface area contributed by atoms with Gasteiger partial charge in [-0.15, -0.1) is 11.3 Å². The quantitative estimate of drug-likeness (QED) is 0.536. The molecule has 0 bridgehead atoms. The Morgan fingerprint density at radius 3 is 2.50 bits per heavy atom. The zero-order valence-electron chi connectivity index (χ0n) is 14.5. The van der Waals surface area contributed by atoms with Gasteiger partial charge in [0.05, 0.1) is 17.0 Å². The van der Waals surface area contributed by atoms with Crippen LogP contribution >= 0.6 is 11.3 Å². The maximum absolute atomic E-state index is 11.9. The van der Waals surface area contributed by atoms with Crippen molar-refractivity contribution in [3.05, 3.63) is 52.2 Å². The van der Waals surface area contributed by atoms with Crippen molar-refractivity contribution in [2.45, 2.75) is 26.2 Å². The summed E-state index contributed by atoms with van der Waals surface area (Å²) >= 11 is 1.22. The molecule has 0 saturated carbocycles. The molecule has 0 saturated heterocycles. The molecule has 1 N–H and O–H groups in total. The van der Waals surface area contributed by atoms with E-state index in [2.05, 4.69) is 12.2 Å². The SMILES string of the molecule is CCCCCOc1ccc(C(=O)OCC(=O)NC(=O)c2cccs2)cc1. The normalized spacial score (nSPS) is 10.2. The number of nitrogens with one attached hydrogen (secondary N) is 1. The van der Waals surface area contributed by atoms with Gasteiger partial charge in [0.15, 0.2) is 6.61 Å². The van der Waals surface area contributed by atoms with Crippen molar-refractivity contribution < 1.29 is 23.9 Å². The van der Waals surface area contributed by atoms with Gasteiger partial charge in [0, 0.05) is 0 Å². The Kier molecular flexibility index (Phi) is 7.82. The summed E-state index contributed by atoms with van der Waals surface area (Å²) in [5, 5.41) is 3.90. The van der Waals surface area contributed by atoms with Gasteiger partial charge in [0.1, 0.15) is 5.75 Å². The van der Waals surface area contributed by atoms with Crippen molar-refractivity contribution in [1.29, 1.82) is 0 Å². The molecule has 7 heteroatoms. The van der Waals surface area contributed by atoms with Crippen LogP contribution in [-0.2, 0) is 9.53 Å². The van der Waals surface area contributed by atoms with Crippen LogP contribution in [0.25, 0.3) is 0 Å². The van der Waals surface area contributed by atoms with E-state index in [-0.39, 0.29) is 0 Å². The van der Waals surface area contributed by atoms with Crippen molar-refractivity contribution in [2.75, 3.05) is 13.2 Å². The number of imide groups is 1. The second-order valence-corrected chi connectivity index (χ2v) is 6.46. The number of thiophene rings is 1. The minimum Gasteiger partial charge on any atom is -0.494 e. The lowest BCUT2D eigenvalue weighted by molar-refractivity contribution is -0.123. The van der Waals surface area contributed by atoms with E-state index in [1.54, 1.807) is 41.8 Å². The summed E-state index contributed by atoms with van der Waals surface area (Å²) in [6.07, 6.45) is 3.22. The molecule has 6 nitrogen and oxygen atoms in total. The van der Waals surface area contributed by atoms with Gasteiger partial charge in [-0.1, -0.05) is 25.8 Å². The molecule has 26 heavy (non-hydrogen) atoms. The zero-order valence-corrected chi connectivity index (χ0v) is 15.3. The lowest BCUT2D eigenvalue weighted by Gasteiger charge is -2.07. The summed E-state index contributed by atoms with van der Waals surface area (Å²) in [6.45, 7) is 2.24. The Morgan fingerprint density at radius 1 is 1.08 bits per heavy atom. The molecule has 2 rings (SSSR count). The third kappa shape index (κ3) is 6.33. The van der Waals surface area contributed by atoms with Gasteiger partial charge >= 0.3 is 5.97 Å². The molecule has 0 atom stereocenters. The van der Waals surface area contributed by atoms with E-state index in [9.17, 15) is 14.4 Å². The van der Waals surface area contributed by atoms with Gasteiger partial charge in [-0.25, -0.2) is 4.79 Å². The van der Waals surface area contributed by atoms with Crippen LogP contribution in [0.5, 0.6) is 5.75 Å². The molecule has 0 fully saturated rings. The van der Waals surface area contributed by atoms with Gasteiger partial charge in [-0.3, -0.25) is 14.9 Å². The van der Waals surface area contributed by atoms with Gasteiger partial charge in [0.25, 0.3) is 11.8 Å². The Labute approximate surface area is 156 Å². The largest absolute Gasteiger partial charge is 0.494 e. The predicted octanol–water partition coefficient (Wildman–Crippen LogP) is 3.43. The average molecular weight is 375 g/mol. The van der Waals surface area contributed by atoms with Crippen LogP contribution in [0.1, 0.15) is 46.2 Å². The van der Waals surface area contributed by atoms with E-state index in [0.29, 0.717) is 22.8 Å². The summed E-state index contributed by atoms with van der Waals surface area (Å²) < 4.78 is 10.5. The summed E-state index contributed by atoms with van der Waals surface area (Å²) in [5.74, 6) is -1.14. The van der Waals surface area contributed by atoms with E-state index in [1.165, 1.54) is 11.3 Å². The zero-order chi connectivity index (χ0) is 18.8. The lowest BCUT2D eigenvalue weighted by atomic mass is 10.2. The Morgan fingerprint density at radius 2 is 1.85 bits per heavy atom. The smallest absolute Gasteiger partial charge is 0.338 e. The van der Waals surface area contributed by atoms with E-state index < -0.39 is 24.4 Å². The summed E-state index contributed by atoms with van der Waals surface area (Å²) in [4.78, 5) is 35.8. The highest BCUT2D eigenvalue weighted by Crippen LogP contribution is 2.14. The number of amides is 2. The molecule has 0 unspecified atom stereocenters. The second-order valence-electron chi connectivity index (χ2n) is 5.51. The standard InChI is InChI=1S/C19H21NO5S/c1-2-3-4-11-24-15-9-7-14(8-10-15)19(23)25-13-17(21)20-18(22)16-6-5-12-26-16/h5-10,12H,2-4,11,13H2,1H3,(H,20,21,22). The molecule has 138 valence electrons. The molecule has 0 spiro atoms. The van der Waals surface area contributed by atoms with Crippen LogP contribution in [0.15, 0.2) is 41.8 Å². The monoisotopic (exact) mass is 375 g/mol. The van der Waals surface area contributed by atoms with Gasteiger partial charge in [0.2, 0.25) is 0 Å². The molecule has 0 aliphatic heterocycles. The number of hydrogen-bond acceptors (Lipinski definition) is 6. The maximum atomic E-state index is 11.9. The lowest BCUT2D eigenvalue weighted by Crippen LogP contribution is -2.33. The number of unbranched alkanes of at least 4 members (excludes halogenated alkanes) is 2. The Balaban J connectivity index is 1.74. The third-order valence-corrected chi connectivity index (χ3v) is 4.31. The van der Waals surface area contributed by atoms with Crippen LogP contribution in [0, 0.1) is 0 Å². The number of hydrogen-bond donors (Lipinski definition) is 1. The molecule has 1 aromatic heterocycles. The van der Waals surface area contributed by atoms with Crippen LogP contribution < -0.4 is 10.1 Å². The summed E-state index contributed by atoms with van der Waals surface area (Å²) in [5.41, 5.74) is 0.309. The number of carbonyl (C=O) groups is 3. The number of benzene rings is 1. The van der Waals surface area contributed by atoms with Gasteiger partial charge in [-0.2, -0.15) is 0 Å². The highest BCUT2D eigenvalue weighted by Gasteiger charge is 2.14. The van der Waals surface area contributed by atoms with Crippen LogP contribution in [0.2, 0.25) is 0 Å². The summed E-state index contributed by atoms with van der Waals surface area (Å²) in [7, 11) is 0. The summed E-state index contributed by atoms with van der Waals surface area (Å²) in [6, 6.07) is 9.83. The van der Waals surface area contributed by atoms with Gasteiger partial charge in [-0.05, 0) is 42.1 Å². The maximum Gasteiger partial charge on any atom is 0.338 e. The van der Waals surface area contributed by atoms with Crippen LogP contribution in [0.3, 0.4) is 0 Å². The van der Waals surface area contributed by atoms with Gasteiger partial charge < -0.3 is 9.47 Å². The molecule has 0 aliphatic carbocycles. The van der Waals surface area contributed by atoms with Crippen molar-refractivity contribution in [2.24, 2.45) is 0 Å². The van der Waals surface area contributed by atoms with Crippen molar-refractivity contribution >= 4 is 29.1 Å². The fraction of sp³-hybridized carbons (Fsp3) is 0.316. The highest BCUT2D eigenvalue weighted by atomic mass is 32.1. The van der Waals surface area contributed by atoms with E-state index in [1.807, 2.05) is 0 Å². The number of ether oxygens (including phenoxy) is 2. The highest BCUT2D eigenvalue weighted by molar-refractivity contribution is 7.12. The van der Waals surface area contributed by atoms with Crippen molar-refractivity contribution in [3.63, 3.8) is 0 Å². The topological polar surface area (TPSA) is 81.7 Å². The minimum atomic E-state index is -0.673. The molecule has 2 aromatic rings. The van der Waals surface area contributed by atoms with Crippen LogP contribution in [0.4, 0.5) is 0 Å². The first-order chi connectivity index (χ1) is 12.6. The Bertz CT molecular complexity index is 725. The minimum absolute atomic E-state index is 0.309. The van der Waals surface area contributed by atoms with E-state index in [0.717, 1.165) is 19.3 Å². The van der Waals surface area contributed by atoms with E-state index >= 15 is 0 Å². The molecular formula is C19H21NO5S.